The van der Waals surface area contributed by atoms with Crippen molar-refractivity contribution in [3.05, 3.63) is 23.2 Å². The molecule has 0 radical (unpaired) electrons. The number of hydrogen-bond acceptors (Lipinski definition) is 2. The minimum atomic E-state index is 0.510. The summed E-state index contributed by atoms with van der Waals surface area (Å²) in [4.78, 5) is 0. The molecule has 1 aromatic rings. The van der Waals surface area contributed by atoms with E-state index in [4.69, 9.17) is 22.1 Å². The van der Waals surface area contributed by atoms with Gasteiger partial charge in [0.05, 0.1) is 17.3 Å². The number of rotatable bonds is 3. The molecule has 0 aliphatic carbocycles. The molecule has 72 valence electrons. The number of halogens is 1. The Labute approximate surface area is 83.6 Å². The van der Waals surface area contributed by atoms with Crippen LogP contribution in [0, 0.1) is 5.92 Å². The third-order valence-electron chi connectivity index (χ3n) is 1.56. The van der Waals surface area contributed by atoms with Gasteiger partial charge in [-0.15, -0.1) is 0 Å². The molecule has 0 heterocycles. The zero-order chi connectivity index (χ0) is 9.84. The molecule has 2 N–H and O–H groups in total. The Balaban J connectivity index is 2.63. The highest BCUT2D eigenvalue weighted by Crippen LogP contribution is 2.24. The Morgan fingerprint density at radius 1 is 1.46 bits per heavy atom. The van der Waals surface area contributed by atoms with Crippen molar-refractivity contribution < 1.29 is 4.74 Å². The topological polar surface area (TPSA) is 35.2 Å². The third-order valence-corrected chi connectivity index (χ3v) is 1.88. The molecule has 0 spiro atoms. The Morgan fingerprint density at radius 3 is 2.69 bits per heavy atom. The van der Waals surface area contributed by atoms with Gasteiger partial charge in [-0.3, -0.25) is 0 Å². The van der Waals surface area contributed by atoms with Crippen LogP contribution in [0.3, 0.4) is 0 Å². The van der Waals surface area contributed by atoms with Gasteiger partial charge in [0.25, 0.3) is 0 Å². The molecule has 0 bridgehead atoms. The molecule has 0 unspecified atom stereocenters. The van der Waals surface area contributed by atoms with Crippen LogP contribution in [0.2, 0.25) is 5.02 Å². The molecule has 0 atom stereocenters. The van der Waals surface area contributed by atoms with E-state index < -0.39 is 0 Å². The van der Waals surface area contributed by atoms with E-state index >= 15 is 0 Å². The van der Waals surface area contributed by atoms with Crippen molar-refractivity contribution in [1.29, 1.82) is 0 Å². The van der Waals surface area contributed by atoms with E-state index in [1.165, 1.54) is 0 Å². The fraction of sp³-hybridized carbons (Fsp3) is 0.400. The van der Waals surface area contributed by atoms with Gasteiger partial charge in [0.15, 0.2) is 0 Å². The Kier molecular flexibility index (Phi) is 3.43. The zero-order valence-electron chi connectivity index (χ0n) is 7.88. The van der Waals surface area contributed by atoms with Gasteiger partial charge >= 0.3 is 0 Å². The van der Waals surface area contributed by atoms with Gasteiger partial charge in [0, 0.05) is 6.07 Å². The first-order chi connectivity index (χ1) is 6.09. The monoisotopic (exact) mass is 199 g/mol. The molecule has 0 aliphatic heterocycles. The summed E-state index contributed by atoms with van der Waals surface area (Å²) in [6, 6.07) is 5.31. The first-order valence-corrected chi connectivity index (χ1v) is 4.65. The summed E-state index contributed by atoms with van der Waals surface area (Å²) in [5.41, 5.74) is 6.14. The Morgan fingerprint density at radius 2 is 2.15 bits per heavy atom. The first kappa shape index (κ1) is 10.2. The minimum absolute atomic E-state index is 0.510. The van der Waals surface area contributed by atoms with Gasteiger partial charge in [-0.1, -0.05) is 25.4 Å². The van der Waals surface area contributed by atoms with E-state index in [0.29, 0.717) is 23.2 Å². The molecule has 0 amide bonds. The van der Waals surface area contributed by atoms with Crippen molar-refractivity contribution in [3.8, 4) is 5.75 Å². The van der Waals surface area contributed by atoms with Crippen molar-refractivity contribution in [2.24, 2.45) is 5.92 Å². The van der Waals surface area contributed by atoms with Gasteiger partial charge < -0.3 is 10.5 Å². The van der Waals surface area contributed by atoms with E-state index in [1.54, 1.807) is 12.1 Å². The molecule has 1 rings (SSSR count). The highest BCUT2D eigenvalue weighted by molar-refractivity contribution is 6.33. The SMILES string of the molecule is CC(C)COc1ccc(N)c(Cl)c1. The zero-order valence-corrected chi connectivity index (χ0v) is 8.64. The van der Waals surface area contributed by atoms with Crippen molar-refractivity contribution in [2.45, 2.75) is 13.8 Å². The second-order valence-corrected chi connectivity index (χ2v) is 3.80. The van der Waals surface area contributed by atoms with Crippen LogP contribution in [0.15, 0.2) is 18.2 Å². The van der Waals surface area contributed by atoms with Crippen LogP contribution in [0.4, 0.5) is 5.69 Å². The average molecular weight is 200 g/mol. The predicted octanol–water partition coefficient (Wildman–Crippen LogP) is 2.96. The average Bonchev–Trinajstić information content (AvgIpc) is 2.07. The van der Waals surface area contributed by atoms with Crippen molar-refractivity contribution in [2.75, 3.05) is 12.3 Å². The second-order valence-electron chi connectivity index (χ2n) is 3.39. The lowest BCUT2D eigenvalue weighted by Crippen LogP contribution is -2.04. The van der Waals surface area contributed by atoms with Crippen LogP contribution in [0.5, 0.6) is 5.75 Å². The van der Waals surface area contributed by atoms with E-state index in [1.807, 2.05) is 6.07 Å². The van der Waals surface area contributed by atoms with E-state index in [0.717, 1.165) is 5.75 Å². The Hall–Kier alpha value is -0.890. The number of ether oxygens (including phenoxy) is 1. The molecule has 0 fully saturated rings. The summed E-state index contributed by atoms with van der Waals surface area (Å²) >= 11 is 5.82. The maximum atomic E-state index is 5.82. The smallest absolute Gasteiger partial charge is 0.120 e. The van der Waals surface area contributed by atoms with Crippen LogP contribution in [-0.4, -0.2) is 6.61 Å². The lowest BCUT2D eigenvalue weighted by molar-refractivity contribution is 0.271. The number of nitrogen functional groups attached to an aromatic ring is 1. The number of anilines is 1. The third kappa shape index (κ3) is 3.15. The molecule has 0 saturated heterocycles. The van der Waals surface area contributed by atoms with Gasteiger partial charge in [-0.05, 0) is 18.1 Å². The summed E-state index contributed by atoms with van der Waals surface area (Å²) < 4.78 is 5.46. The minimum Gasteiger partial charge on any atom is -0.493 e. The van der Waals surface area contributed by atoms with Crippen LogP contribution < -0.4 is 10.5 Å². The summed E-state index contributed by atoms with van der Waals surface area (Å²) in [5, 5.41) is 0.543. The summed E-state index contributed by atoms with van der Waals surface area (Å²) in [6.45, 7) is 4.89. The molecular weight excluding hydrogens is 186 g/mol. The maximum absolute atomic E-state index is 5.82. The largest absolute Gasteiger partial charge is 0.493 e. The van der Waals surface area contributed by atoms with Crippen LogP contribution in [-0.2, 0) is 0 Å². The van der Waals surface area contributed by atoms with E-state index in [9.17, 15) is 0 Å². The lowest BCUT2D eigenvalue weighted by atomic mass is 10.2. The number of nitrogens with two attached hydrogens (primary N) is 1. The number of hydrogen-bond donors (Lipinski definition) is 1. The van der Waals surface area contributed by atoms with Gasteiger partial charge in [0.1, 0.15) is 5.75 Å². The van der Waals surface area contributed by atoms with E-state index in [2.05, 4.69) is 13.8 Å². The maximum Gasteiger partial charge on any atom is 0.120 e. The van der Waals surface area contributed by atoms with Crippen molar-refractivity contribution in [3.63, 3.8) is 0 Å². The molecule has 2 nitrogen and oxygen atoms in total. The van der Waals surface area contributed by atoms with Gasteiger partial charge in [0.2, 0.25) is 0 Å². The quantitative estimate of drug-likeness (QED) is 0.760. The fourth-order valence-electron chi connectivity index (χ4n) is 0.861. The Bertz CT molecular complexity index is 286. The molecule has 0 saturated carbocycles. The van der Waals surface area contributed by atoms with Gasteiger partial charge in [-0.25, -0.2) is 0 Å². The number of benzene rings is 1. The normalized spacial score (nSPS) is 10.5. The van der Waals surface area contributed by atoms with E-state index in [-0.39, 0.29) is 0 Å². The van der Waals surface area contributed by atoms with Crippen molar-refractivity contribution in [1.82, 2.24) is 0 Å². The highest BCUT2D eigenvalue weighted by Gasteiger charge is 2.00. The summed E-state index contributed by atoms with van der Waals surface area (Å²) in [7, 11) is 0. The van der Waals surface area contributed by atoms with Gasteiger partial charge in [-0.2, -0.15) is 0 Å². The molecule has 13 heavy (non-hydrogen) atoms. The van der Waals surface area contributed by atoms with Crippen LogP contribution >= 0.6 is 11.6 Å². The standard InChI is InChI=1S/C10H14ClNO/c1-7(2)6-13-8-3-4-10(12)9(11)5-8/h3-5,7H,6,12H2,1-2H3. The van der Waals surface area contributed by atoms with Crippen LogP contribution in [0.25, 0.3) is 0 Å². The first-order valence-electron chi connectivity index (χ1n) is 4.27. The summed E-state index contributed by atoms with van der Waals surface area (Å²) in [6.07, 6.45) is 0. The molecule has 1 aromatic carbocycles. The molecule has 3 heteroatoms. The van der Waals surface area contributed by atoms with Crippen molar-refractivity contribution >= 4 is 17.3 Å². The highest BCUT2D eigenvalue weighted by atomic mass is 35.5. The second kappa shape index (κ2) is 4.38. The molecule has 0 aliphatic rings. The molecule has 0 aromatic heterocycles. The predicted molar refractivity (Wildman–Crippen MR) is 56.2 cm³/mol. The fourth-order valence-corrected chi connectivity index (χ4v) is 1.03. The van der Waals surface area contributed by atoms with Crippen LogP contribution in [0.1, 0.15) is 13.8 Å². The molecular formula is C10H14ClNO. The summed E-state index contributed by atoms with van der Waals surface area (Å²) in [5.74, 6) is 1.28. The lowest BCUT2D eigenvalue weighted by Gasteiger charge is -2.09.